The Morgan fingerprint density at radius 3 is 2.62 bits per heavy atom. The van der Waals surface area contributed by atoms with Gasteiger partial charge in [-0.15, -0.1) is 11.3 Å². The number of aromatic nitrogens is 2. The van der Waals surface area contributed by atoms with E-state index in [0.717, 1.165) is 11.3 Å². The van der Waals surface area contributed by atoms with Crippen LogP contribution in [0.1, 0.15) is 56.3 Å². The normalized spacial score (nSPS) is 10.6. The van der Waals surface area contributed by atoms with Gasteiger partial charge in [-0.05, 0) is 25.8 Å². The Morgan fingerprint density at radius 2 is 2.08 bits per heavy atom. The molecule has 2 aromatic rings. The van der Waals surface area contributed by atoms with E-state index in [9.17, 15) is 14.4 Å². The summed E-state index contributed by atoms with van der Waals surface area (Å²) in [5, 5.41) is 7.03. The van der Waals surface area contributed by atoms with Crippen molar-refractivity contribution in [2.45, 2.75) is 33.7 Å². The average Bonchev–Trinajstić information content (AvgIpc) is 3.12. The molecule has 0 radical (unpaired) electrons. The molecule has 8 nitrogen and oxygen atoms in total. The zero-order valence-electron chi connectivity index (χ0n) is 14.6. The van der Waals surface area contributed by atoms with E-state index in [2.05, 4.69) is 10.4 Å². The van der Waals surface area contributed by atoms with Gasteiger partial charge in [0.1, 0.15) is 5.00 Å². The first-order valence-electron chi connectivity index (χ1n) is 7.94. The van der Waals surface area contributed by atoms with E-state index in [1.54, 1.807) is 6.92 Å². The van der Waals surface area contributed by atoms with Crippen LogP contribution in [0.25, 0.3) is 0 Å². The van der Waals surface area contributed by atoms with Crippen molar-refractivity contribution in [3.05, 3.63) is 32.9 Å². The van der Waals surface area contributed by atoms with Crippen molar-refractivity contribution >= 4 is 45.7 Å². The lowest BCUT2D eigenvalue weighted by Crippen LogP contribution is -2.16. The molecule has 0 saturated heterocycles. The first kappa shape index (κ1) is 19.9. The molecule has 10 heteroatoms. The monoisotopic (exact) mass is 398 g/mol. The Balaban J connectivity index is 2.39. The molecular formula is C16H19ClN4O4S. The fraction of sp³-hybridized carbons (Fsp3) is 0.375. The van der Waals surface area contributed by atoms with Gasteiger partial charge in [0.05, 0.1) is 22.1 Å². The number of carbonyl (C=O) groups excluding carboxylic acids is 3. The van der Waals surface area contributed by atoms with E-state index in [1.807, 2.05) is 13.8 Å². The Hall–Kier alpha value is -2.39. The molecule has 0 fully saturated rings. The second-order valence-corrected chi connectivity index (χ2v) is 6.82. The molecular weight excluding hydrogens is 380 g/mol. The SMILES string of the molecule is CCCOC(=O)c1c(NC(=O)c2nn(CC)cc2Cl)sc(C(N)=O)c1C. The maximum atomic E-state index is 12.5. The minimum Gasteiger partial charge on any atom is -0.462 e. The largest absolute Gasteiger partial charge is 0.462 e. The quantitative estimate of drug-likeness (QED) is 0.695. The lowest BCUT2D eigenvalue weighted by atomic mass is 10.1. The summed E-state index contributed by atoms with van der Waals surface area (Å²) in [6, 6.07) is 0. The Kier molecular flexibility index (Phi) is 6.38. The van der Waals surface area contributed by atoms with Crippen LogP contribution in [0, 0.1) is 6.92 Å². The molecule has 0 aliphatic carbocycles. The maximum absolute atomic E-state index is 12.5. The number of ether oxygens (including phenoxy) is 1. The van der Waals surface area contributed by atoms with Gasteiger partial charge in [-0.3, -0.25) is 14.3 Å². The third kappa shape index (κ3) is 4.05. The summed E-state index contributed by atoms with van der Waals surface area (Å²) in [7, 11) is 0. The molecule has 2 heterocycles. The van der Waals surface area contributed by atoms with E-state index in [4.69, 9.17) is 22.1 Å². The number of rotatable bonds is 7. The van der Waals surface area contributed by atoms with Gasteiger partial charge < -0.3 is 15.8 Å². The Morgan fingerprint density at radius 1 is 1.38 bits per heavy atom. The summed E-state index contributed by atoms with van der Waals surface area (Å²) in [6.45, 7) is 6.06. The number of esters is 1. The number of hydrogen-bond acceptors (Lipinski definition) is 6. The average molecular weight is 399 g/mol. The lowest BCUT2D eigenvalue weighted by molar-refractivity contribution is 0.0506. The van der Waals surface area contributed by atoms with Crippen LogP contribution in [0.15, 0.2) is 6.20 Å². The van der Waals surface area contributed by atoms with E-state index in [-0.39, 0.29) is 32.8 Å². The standard InChI is InChI=1S/C16H19ClN4O4S/c1-4-6-25-16(24)10-8(3)12(13(18)22)26-15(10)19-14(23)11-9(17)7-21(5-2)20-11/h7H,4-6H2,1-3H3,(H2,18,22)(H,19,23). The minimum absolute atomic E-state index is 0.0214. The van der Waals surface area contributed by atoms with Gasteiger partial charge in [0.15, 0.2) is 5.69 Å². The Bertz CT molecular complexity index is 859. The molecule has 0 atom stereocenters. The zero-order valence-corrected chi connectivity index (χ0v) is 16.2. The highest BCUT2D eigenvalue weighted by atomic mass is 35.5. The molecule has 2 aromatic heterocycles. The number of amides is 2. The molecule has 0 unspecified atom stereocenters. The molecule has 2 amide bonds. The van der Waals surface area contributed by atoms with Crippen LogP contribution < -0.4 is 11.1 Å². The van der Waals surface area contributed by atoms with Crippen molar-refractivity contribution in [1.82, 2.24) is 9.78 Å². The number of primary amides is 1. The number of nitrogens with one attached hydrogen (secondary N) is 1. The molecule has 0 aliphatic heterocycles. The van der Waals surface area contributed by atoms with E-state index >= 15 is 0 Å². The van der Waals surface area contributed by atoms with Crippen LogP contribution in [0.5, 0.6) is 0 Å². The van der Waals surface area contributed by atoms with Crippen molar-refractivity contribution in [3.8, 4) is 0 Å². The number of hydrogen-bond donors (Lipinski definition) is 2. The lowest BCUT2D eigenvalue weighted by Gasteiger charge is -2.07. The van der Waals surface area contributed by atoms with Crippen LogP contribution >= 0.6 is 22.9 Å². The minimum atomic E-state index is -0.689. The van der Waals surface area contributed by atoms with Gasteiger partial charge in [0.2, 0.25) is 0 Å². The fourth-order valence-electron chi connectivity index (χ4n) is 2.22. The maximum Gasteiger partial charge on any atom is 0.341 e. The third-order valence-corrected chi connectivity index (χ3v) is 4.99. The smallest absolute Gasteiger partial charge is 0.341 e. The van der Waals surface area contributed by atoms with Crippen molar-refractivity contribution in [2.24, 2.45) is 5.73 Å². The predicted molar refractivity (Wildman–Crippen MR) is 99.0 cm³/mol. The second-order valence-electron chi connectivity index (χ2n) is 5.40. The summed E-state index contributed by atoms with van der Waals surface area (Å²) in [5.41, 5.74) is 5.85. The highest BCUT2D eigenvalue weighted by molar-refractivity contribution is 7.18. The van der Waals surface area contributed by atoms with Crippen molar-refractivity contribution < 1.29 is 19.1 Å². The van der Waals surface area contributed by atoms with Gasteiger partial charge in [-0.2, -0.15) is 5.10 Å². The predicted octanol–water partition coefficient (Wildman–Crippen LogP) is 2.84. The van der Waals surface area contributed by atoms with Crippen LogP contribution in [-0.4, -0.2) is 34.2 Å². The molecule has 0 aromatic carbocycles. The zero-order chi connectivity index (χ0) is 19.4. The van der Waals surface area contributed by atoms with E-state index in [1.165, 1.54) is 10.9 Å². The number of thiophene rings is 1. The van der Waals surface area contributed by atoms with Gasteiger partial charge in [-0.25, -0.2) is 4.79 Å². The number of aryl methyl sites for hydroxylation is 1. The summed E-state index contributed by atoms with van der Waals surface area (Å²) < 4.78 is 6.66. The second kappa shape index (κ2) is 8.33. The van der Waals surface area contributed by atoms with Crippen LogP contribution in [-0.2, 0) is 11.3 Å². The molecule has 3 N–H and O–H groups in total. The summed E-state index contributed by atoms with van der Waals surface area (Å²) >= 11 is 6.95. The molecule has 0 spiro atoms. The molecule has 0 aliphatic rings. The molecule has 2 rings (SSSR count). The van der Waals surface area contributed by atoms with Gasteiger partial charge in [0, 0.05) is 12.7 Å². The van der Waals surface area contributed by atoms with Crippen molar-refractivity contribution in [1.29, 1.82) is 0 Å². The third-order valence-electron chi connectivity index (χ3n) is 3.50. The fourth-order valence-corrected chi connectivity index (χ4v) is 3.50. The van der Waals surface area contributed by atoms with Crippen LogP contribution in [0.4, 0.5) is 5.00 Å². The summed E-state index contributed by atoms with van der Waals surface area (Å²) in [4.78, 5) is 36.6. The molecule has 0 saturated carbocycles. The van der Waals surface area contributed by atoms with E-state index < -0.39 is 17.8 Å². The number of halogens is 1. The molecule has 0 bridgehead atoms. The van der Waals surface area contributed by atoms with Crippen LogP contribution in [0.3, 0.4) is 0 Å². The number of nitrogens with zero attached hydrogens (tertiary/aromatic N) is 2. The first-order valence-corrected chi connectivity index (χ1v) is 9.14. The van der Waals surface area contributed by atoms with Crippen molar-refractivity contribution in [3.63, 3.8) is 0 Å². The summed E-state index contributed by atoms with van der Waals surface area (Å²) in [6.07, 6.45) is 2.17. The first-order chi connectivity index (χ1) is 12.3. The molecule has 26 heavy (non-hydrogen) atoms. The Labute approximate surface area is 159 Å². The van der Waals surface area contributed by atoms with Gasteiger partial charge >= 0.3 is 5.97 Å². The van der Waals surface area contributed by atoms with Gasteiger partial charge in [0.25, 0.3) is 11.8 Å². The van der Waals surface area contributed by atoms with Gasteiger partial charge in [-0.1, -0.05) is 18.5 Å². The van der Waals surface area contributed by atoms with Crippen LogP contribution in [0.2, 0.25) is 5.02 Å². The van der Waals surface area contributed by atoms with Crippen molar-refractivity contribution in [2.75, 3.05) is 11.9 Å². The summed E-state index contributed by atoms with van der Waals surface area (Å²) in [5.74, 6) is -1.91. The highest BCUT2D eigenvalue weighted by Gasteiger charge is 2.27. The number of carbonyl (C=O) groups is 3. The van der Waals surface area contributed by atoms with E-state index in [0.29, 0.717) is 18.5 Å². The topological polar surface area (TPSA) is 116 Å². The highest BCUT2D eigenvalue weighted by Crippen LogP contribution is 2.34. The number of anilines is 1. The number of nitrogens with two attached hydrogens (primary N) is 1. The molecule has 140 valence electrons.